The van der Waals surface area contributed by atoms with Gasteiger partial charge in [0.1, 0.15) is 0 Å². The van der Waals surface area contributed by atoms with E-state index in [1.165, 1.54) is 6.08 Å². The van der Waals surface area contributed by atoms with E-state index < -0.39 is 5.97 Å². The number of carboxylic acid groups (broad SMARTS) is 1. The predicted molar refractivity (Wildman–Crippen MR) is 76.5 cm³/mol. The average Bonchev–Trinajstić information content (AvgIpc) is 2.46. The van der Waals surface area contributed by atoms with Crippen LogP contribution in [0.4, 0.5) is 0 Å². The first-order chi connectivity index (χ1) is 9.61. The lowest BCUT2D eigenvalue weighted by Crippen LogP contribution is -2.34. The number of hydrogen-bond acceptors (Lipinski definition) is 2. The summed E-state index contributed by atoms with van der Waals surface area (Å²) in [6.45, 7) is 3.02. The van der Waals surface area contributed by atoms with Gasteiger partial charge in [-0.3, -0.25) is 4.79 Å². The first kappa shape index (κ1) is 14.1. The molecule has 0 spiro atoms. The Kier molecular flexibility index (Phi) is 4.35. The number of hydrogen-bond donors (Lipinski definition) is 1. The summed E-state index contributed by atoms with van der Waals surface area (Å²) in [5.74, 6) is -0.987. The van der Waals surface area contributed by atoms with Crippen molar-refractivity contribution in [3.63, 3.8) is 0 Å². The Labute approximate surface area is 118 Å². The van der Waals surface area contributed by atoms with Crippen LogP contribution in [0.5, 0.6) is 0 Å². The van der Waals surface area contributed by atoms with Gasteiger partial charge < -0.3 is 10.0 Å². The number of amides is 1. The second kappa shape index (κ2) is 6.19. The van der Waals surface area contributed by atoms with E-state index >= 15 is 0 Å². The number of rotatable bonds is 3. The quantitative estimate of drug-likeness (QED) is 0.678. The molecule has 104 valence electrons. The zero-order chi connectivity index (χ0) is 14.5. The molecule has 1 heterocycles. The molecule has 0 aliphatic carbocycles. The number of carboxylic acids is 1. The molecule has 1 N–H and O–H groups in total. The highest BCUT2D eigenvalue weighted by Gasteiger charge is 2.20. The van der Waals surface area contributed by atoms with Crippen LogP contribution in [0.1, 0.15) is 28.4 Å². The van der Waals surface area contributed by atoms with Crippen molar-refractivity contribution < 1.29 is 14.7 Å². The number of carbonyl (C=O) groups is 2. The van der Waals surface area contributed by atoms with E-state index in [1.54, 1.807) is 29.2 Å². The van der Waals surface area contributed by atoms with Crippen molar-refractivity contribution >= 4 is 11.9 Å². The molecule has 1 aromatic carbocycles. The summed E-state index contributed by atoms with van der Waals surface area (Å²) in [6.07, 6.45) is 7.67. The van der Waals surface area contributed by atoms with Crippen LogP contribution in [-0.2, 0) is 17.8 Å². The Morgan fingerprint density at radius 3 is 2.75 bits per heavy atom. The maximum absolute atomic E-state index is 12.0. The zero-order valence-electron chi connectivity index (χ0n) is 11.4. The van der Waals surface area contributed by atoms with Crippen LogP contribution in [-0.4, -0.2) is 28.4 Å². The van der Waals surface area contributed by atoms with Crippen molar-refractivity contribution in [2.45, 2.75) is 19.9 Å². The molecule has 0 radical (unpaired) electrons. The van der Waals surface area contributed by atoms with Crippen molar-refractivity contribution in [3.8, 4) is 0 Å². The highest BCUT2D eigenvalue weighted by atomic mass is 16.4. The lowest BCUT2D eigenvalue weighted by Gasteiger charge is -2.28. The van der Waals surface area contributed by atoms with E-state index in [2.05, 4.69) is 0 Å². The van der Waals surface area contributed by atoms with E-state index in [0.717, 1.165) is 17.5 Å². The maximum atomic E-state index is 12.0. The van der Waals surface area contributed by atoms with E-state index in [0.29, 0.717) is 13.1 Å². The van der Waals surface area contributed by atoms with Gasteiger partial charge in [0.05, 0.1) is 5.56 Å². The Bertz CT molecular complexity index is 587. The van der Waals surface area contributed by atoms with Crippen LogP contribution in [0.3, 0.4) is 0 Å². The monoisotopic (exact) mass is 271 g/mol. The van der Waals surface area contributed by atoms with Crippen molar-refractivity contribution in [2.24, 2.45) is 0 Å². The maximum Gasteiger partial charge on any atom is 0.335 e. The van der Waals surface area contributed by atoms with Gasteiger partial charge >= 0.3 is 5.97 Å². The fourth-order valence-corrected chi connectivity index (χ4v) is 2.23. The van der Waals surface area contributed by atoms with Crippen LogP contribution in [0.25, 0.3) is 0 Å². The second-order valence-electron chi connectivity index (χ2n) is 4.68. The van der Waals surface area contributed by atoms with Gasteiger partial charge in [-0.05, 0) is 36.6 Å². The number of carbonyl (C=O) groups excluding carboxylic acids is 1. The smallest absolute Gasteiger partial charge is 0.335 e. The van der Waals surface area contributed by atoms with Crippen LogP contribution in [0.15, 0.2) is 42.5 Å². The average molecular weight is 271 g/mol. The van der Waals surface area contributed by atoms with Crippen molar-refractivity contribution in [1.82, 2.24) is 4.90 Å². The normalized spacial score (nSPS) is 14.8. The number of nitrogens with zero attached hydrogens (tertiary/aromatic N) is 1. The molecule has 0 fully saturated rings. The predicted octanol–water partition coefficient (Wildman–Crippen LogP) is 2.40. The molecule has 1 aliphatic heterocycles. The summed E-state index contributed by atoms with van der Waals surface area (Å²) in [7, 11) is 0. The van der Waals surface area contributed by atoms with Gasteiger partial charge in [0.2, 0.25) is 5.91 Å². The van der Waals surface area contributed by atoms with Crippen LogP contribution < -0.4 is 0 Å². The van der Waals surface area contributed by atoms with Gasteiger partial charge in [-0.15, -0.1) is 0 Å². The number of allylic oxidation sites excluding steroid dienone is 3. The topological polar surface area (TPSA) is 57.6 Å². The molecule has 1 aromatic rings. The van der Waals surface area contributed by atoms with Gasteiger partial charge in [0.15, 0.2) is 0 Å². The summed E-state index contributed by atoms with van der Waals surface area (Å²) >= 11 is 0. The summed E-state index contributed by atoms with van der Waals surface area (Å²) in [6, 6.07) is 5.12. The lowest BCUT2D eigenvalue weighted by atomic mass is 9.97. The standard InChI is InChI=1S/C16H17NO3/c1-2-3-4-5-15(18)17-9-8-12-6-7-13(16(19)20)10-14(12)11-17/h2-7,10H,8-9,11H2,1H3,(H,19,20)/b3-2+,5-4?. The Hall–Kier alpha value is -2.36. The molecular formula is C16H17NO3. The molecule has 0 saturated heterocycles. The Balaban J connectivity index is 2.15. The molecule has 0 saturated carbocycles. The van der Waals surface area contributed by atoms with E-state index in [4.69, 9.17) is 5.11 Å². The minimum atomic E-state index is -0.941. The summed E-state index contributed by atoms with van der Waals surface area (Å²) in [5.41, 5.74) is 2.31. The third kappa shape index (κ3) is 3.15. The molecule has 0 aromatic heterocycles. The zero-order valence-corrected chi connectivity index (χ0v) is 11.4. The van der Waals surface area contributed by atoms with Gasteiger partial charge in [-0.1, -0.05) is 24.3 Å². The molecule has 0 bridgehead atoms. The van der Waals surface area contributed by atoms with E-state index in [1.807, 2.05) is 19.1 Å². The Morgan fingerprint density at radius 1 is 1.25 bits per heavy atom. The second-order valence-corrected chi connectivity index (χ2v) is 4.68. The molecule has 20 heavy (non-hydrogen) atoms. The summed E-state index contributed by atoms with van der Waals surface area (Å²) in [5, 5.41) is 9.01. The molecular weight excluding hydrogens is 254 g/mol. The van der Waals surface area contributed by atoms with Gasteiger partial charge in [0.25, 0.3) is 0 Å². The number of fused-ring (bicyclic) bond motifs is 1. The van der Waals surface area contributed by atoms with Gasteiger partial charge in [-0.2, -0.15) is 0 Å². The largest absolute Gasteiger partial charge is 0.478 e. The number of benzene rings is 1. The lowest BCUT2D eigenvalue weighted by molar-refractivity contribution is -0.126. The molecule has 1 aliphatic rings. The highest BCUT2D eigenvalue weighted by Crippen LogP contribution is 2.20. The minimum absolute atomic E-state index is 0.0468. The summed E-state index contributed by atoms with van der Waals surface area (Å²) < 4.78 is 0. The molecule has 2 rings (SSSR count). The fourth-order valence-electron chi connectivity index (χ4n) is 2.23. The van der Waals surface area contributed by atoms with Crippen LogP contribution >= 0.6 is 0 Å². The number of aromatic carboxylic acids is 1. The van der Waals surface area contributed by atoms with Crippen LogP contribution in [0, 0.1) is 0 Å². The SMILES string of the molecule is C/C=C/C=CC(=O)N1CCc2ccc(C(=O)O)cc2C1. The van der Waals surface area contributed by atoms with Crippen molar-refractivity contribution in [3.05, 3.63) is 59.2 Å². The summed E-state index contributed by atoms with van der Waals surface area (Å²) in [4.78, 5) is 24.7. The Morgan fingerprint density at radius 2 is 2.05 bits per heavy atom. The molecule has 1 amide bonds. The molecule has 4 heteroatoms. The first-order valence-electron chi connectivity index (χ1n) is 6.55. The van der Waals surface area contributed by atoms with Crippen LogP contribution in [0.2, 0.25) is 0 Å². The van der Waals surface area contributed by atoms with Gasteiger partial charge in [0, 0.05) is 19.2 Å². The van der Waals surface area contributed by atoms with Crippen molar-refractivity contribution in [2.75, 3.05) is 6.54 Å². The first-order valence-corrected chi connectivity index (χ1v) is 6.55. The molecule has 4 nitrogen and oxygen atoms in total. The molecule has 0 atom stereocenters. The third-order valence-corrected chi connectivity index (χ3v) is 3.32. The fraction of sp³-hybridized carbons (Fsp3) is 0.250. The van der Waals surface area contributed by atoms with Crippen molar-refractivity contribution in [1.29, 1.82) is 0 Å². The molecule has 0 unspecified atom stereocenters. The minimum Gasteiger partial charge on any atom is -0.478 e. The van der Waals surface area contributed by atoms with E-state index in [-0.39, 0.29) is 11.5 Å². The van der Waals surface area contributed by atoms with E-state index in [9.17, 15) is 9.59 Å². The third-order valence-electron chi connectivity index (χ3n) is 3.32. The highest BCUT2D eigenvalue weighted by molar-refractivity contribution is 5.89. The van der Waals surface area contributed by atoms with Gasteiger partial charge in [-0.25, -0.2) is 4.79 Å².